The van der Waals surface area contributed by atoms with E-state index in [9.17, 15) is 13.2 Å². The number of halogens is 1. The van der Waals surface area contributed by atoms with Gasteiger partial charge in [-0.25, -0.2) is 8.42 Å². The molecule has 1 aliphatic heterocycles. The van der Waals surface area contributed by atoms with Gasteiger partial charge < -0.3 is 4.90 Å². The number of benzene rings is 2. The highest BCUT2D eigenvalue weighted by atomic mass is 35.5. The number of hydrogen-bond donors (Lipinski definition) is 1. The van der Waals surface area contributed by atoms with Gasteiger partial charge in [0, 0.05) is 24.2 Å². The Kier molecular flexibility index (Phi) is 5.76. The molecular weight excluding hydrogens is 398 g/mol. The van der Waals surface area contributed by atoms with Gasteiger partial charge in [-0.05, 0) is 35.7 Å². The summed E-state index contributed by atoms with van der Waals surface area (Å²) in [6.45, 7) is 4.15. The molecule has 0 radical (unpaired) electrons. The molecular formula is C20H22ClN3O3S. The van der Waals surface area contributed by atoms with Crippen molar-refractivity contribution in [1.82, 2.24) is 9.62 Å². The van der Waals surface area contributed by atoms with Crippen LogP contribution < -0.4 is 4.72 Å². The molecule has 3 rings (SSSR count). The second-order valence-corrected chi connectivity index (χ2v) is 9.18. The third-order valence-corrected chi connectivity index (χ3v) is 6.13. The van der Waals surface area contributed by atoms with Crippen molar-refractivity contribution in [2.45, 2.75) is 31.3 Å². The molecule has 0 aromatic heterocycles. The Morgan fingerprint density at radius 1 is 1.18 bits per heavy atom. The van der Waals surface area contributed by atoms with Crippen LogP contribution in [-0.4, -0.2) is 38.2 Å². The molecule has 1 N–H and O–H groups in total. The average Bonchev–Trinajstić information content (AvgIpc) is 2.89. The maximum atomic E-state index is 13.0. The maximum absolute atomic E-state index is 13.0. The highest BCUT2D eigenvalue weighted by Gasteiger charge is 2.33. The van der Waals surface area contributed by atoms with Crippen molar-refractivity contribution < 1.29 is 13.2 Å². The summed E-state index contributed by atoms with van der Waals surface area (Å²) in [5.41, 5.74) is 1.39. The smallest absolute Gasteiger partial charge is 0.263 e. The van der Waals surface area contributed by atoms with Crippen molar-refractivity contribution in [2.24, 2.45) is 10.9 Å². The van der Waals surface area contributed by atoms with Crippen LogP contribution in [0.5, 0.6) is 0 Å². The van der Waals surface area contributed by atoms with Crippen molar-refractivity contribution in [1.29, 1.82) is 0 Å². The van der Waals surface area contributed by atoms with E-state index in [1.807, 2.05) is 32.0 Å². The lowest BCUT2D eigenvalue weighted by Crippen LogP contribution is -2.39. The Morgan fingerprint density at radius 3 is 2.57 bits per heavy atom. The van der Waals surface area contributed by atoms with Crippen LogP contribution in [0.15, 0.2) is 58.4 Å². The predicted octanol–water partition coefficient (Wildman–Crippen LogP) is 3.06. The van der Waals surface area contributed by atoms with Gasteiger partial charge in [0.1, 0.15) is 11.9 Å². The minimum absolute atomic E-state index is 0.112. The van der Waals surface area contributed by atoms with Crippen molar-refractivity contribution in [3.05, 3.63) is 64.7 Å². The van der Waals surface area contributed by atoms with Crippen molar-refractivity contribution >= 4 is 33.4 Å². The van der Waals surface area contributed by atoms with Gasteiger partial charge in [-0.1, -0.05) is 49.7 Å². The minimum atomic E-state index is -3.65. The maximum Gasteiger partial charge on any atom is 0.263 e. The fourth-order valence-corrected chi connectivity index (χ4v) is 4.52. The number of nitrogens with zero attached hydrogens (tertiary/aromatic N) is 2. The molecule has 2 aromatic rings. The normalized spacial score (nSPS) is 17.2. The zero-order chi connectivity index (χ0) is 20.5. The molecule has 1 unspecified atom stereocenters. The van der Waals surface area contributed by atoms with E-state index >= 15 is 0 Å². The third kappa shape index (κ3) is 4.20. The monoisotopic (exact) mass is 419 g/mol. The Balaban J connectivity index is 1.88. The van der Waals surface area contributed by atoms with Crippen LogP contribution in [0, 0.1) is 5.92 Å². The van der Waals surface area contributed by atoms with Crippen LogP contribution in [0.2, 0.25) is 5.02 Å². The highest BCUT2D eigenvalue weighted by Crippen LogP contribution is 2.24. The molecule has 0 saturated carbocycles. The van der Waals surface area contributed by atoms with E-state index in [4.69, 9.17) is 11.6 Å². The van der Waals surface area contributed by atoms with E-state index in [1.54, 1.807) is 36.2 Å². The molecule has 148 valence electrons. The van der Waals surface area contributed by atoms with Crippen LogP contribution >= 0.6 is 11.6 Å². The summed E-state index contributed by atoms with van der Waals surface area (Å²) in [6, 6.07) is 13.2. The lowest BCUT2D eigenvalue weighted by atomic mass is 10.0. The molecule has 2 aromatic carbocycles. The van der Waals surface area contributed by atoms with Crippen LogP contribution in [0.1, 0.15) is 25.0 Å². The molecule has 1 amide bonds. The molecule has 1 heterocycles. The first-order chi connectivity index (χ1) is 13.2. The van der Waals surface area contributed by atoms with Gasteiger partial charge in [0.2, 0.25) is 5.91 Å². The predicted molar refractivity (Wildman–Crippen MR) is 110 cm³/mol. The Morgan fingerprint density at radius 2 is 1.89 bits per heavy atom. The number of carbonyl (C=O) groups excluding carboxylic acids is 1. The molecule has 0 fully saturated rings. The highest BCUT2D eigenvalue weighted by molar-refractivity contribution is 7.90. The second-order valence-electron chi connectivity index (χ2n) is 7.09. The van der Waals surface area contributed by atoms with E-state index in [1.165, 1.54) is 6.07 Å². The van der Waals surface area contributed by atoms with E-state index in [0.29, 0.717) is 17.1 Å². The number of amides is 1. The summed E-state index contributed by atoms with van der Waals surface area (Å²) in [5, 5.41) is 0.607. The van der Waals surface area contributed by atoms with Crippen molar-refractivity contribution in [3.8, 4) is 0 Å². The Bertz CT molecular complexity index is 1030. The molecule has 0 bridgehead atoms. The van der Waals surface area contributed by atoms with Crippen LogP contribution in [0.4, 0.5) is 0 Å². The zero-order valence-electron chi connectivity index (χ0n) is 15.9. The molecule has 6 nitrogen and oxygen atoms in total. The molecule has 0 aliphatic carbocycles. The summed E-state index contributed by atoms with van der Waals surface area (Å²) in [6.07, 6.45) is 0. The summed E-state index contributed by atoms with van der Waals surface area (Å²) >= 11 is 6.02. The van der Waals surface area contributed by atoms with Gasteiger partial charge in [-0.3, -0.25) is 14.5 Å². The average molecular weight is 420 g/mol. The zero-order valence-corrected chi connectivity index (χ0v) is 17.5. The van der Waals surface area contributed by atoms with Gasteiger partial charge in [-0.2, -0.15) is 0 Å². The van der Waals surface area contributed by atoms with Gasteiger partial charge in [0.15, 0.2) is 0 Å². The number of likely N-dealkylation sites (N-methyl/N-ethyl adjacent to an activating group) is 1. The molecule has 0 spiro atoms. The topological polar surface area (TPSA) is 78.8 Å². The number of fused-ring (bicyclic) bond motifs is 1. The fourth-order valence-electron chi connectivity index (χ4n) is 3.07. The van der Waals surface area contributed by atoms with E-state index in [0.717, 1.165) is 5.56 Å². The summed E-state index contributed by atoms with van der Waals surface area (Å²) in [4.78, 5) is 19.3. The van der Waals surface area contributed by atoms with E-state index in [-0.39, 0.29) is 22.6 Å². The molecule has 28 heavy (non-hydrogen) atoms. The first kappa shape index (κ1) is 20.4. The second kappa shape index (κ2) is 7.93. The SMILES string of the molecule is CC(C)C(N=C1NS(=O)(=O)c2ccccc21)C(=O)N(C)Cc1cccc(Cl)c1. The molecule has 8 heteroatoms. The van der Waals surface area contributed by atoms with Gasteiger partial charge in [0.05, 0.1) is 4.90 Å². The van der Waals surface area contributed by atoms with E-state index in [2.05, 4.69) is 9.71 Å². The quantitative estimate of drug-likeness (QED) is 0.808. The van der Waals surface area contributed by atoms with Gasteiger partial charge in [0.25, 0.3) is 10.0 Å². The minimum Gasteiger partial charge on any atom is -0.340 e. The Hall–Kier alpha value is -2.38. The molecule has 0 saturated heterocycles. The first-order valence-corrected chi connectivity index (χ1v) is 10.7. The van der Waals surface area contributed by atoms with Crippen LogP contribution in [0.3, 0.4) is 0 Å². The van der Waals surface area contributed by atoms with Gasteiger partial charge >= 0.3 is 0 Å². The first-order valence-electron chi connectivity index (χ1n) is 8.88. The summed E-state index contributed by atoms with van der Waals surface area (Å²) < 4.78 is 27.0. The summed E-state index contributed by atoms with van der Waals surface area (Å²) in [5.74, 6) is -0.0936. The summed E-state index contributed by atoms with van der Waals surface area (Å²) in [7, 11) is -1.95. The van der Waals surface area contributed by atoms with Crippen molar-refractivity contribution in [2.75, 3.05) is 7.05 Å². The van der Waals surface area contributed by atoms with E-state index < -0.39 is 16.1 Å². The number of aliphatic imine (C=N–C) groups is 1. The third-order valence-electron chi connectivity index (χ3n) is 4.50. The molecule has 1 atom stereocenters. The number of amidine groups is 1. The number of nitrogens with one attached hydrogen (secondary N) is 1. The van der Waals surface area contributed by atoms with Crippen LogP contribution in [-0.2, 0) is 21.4 Å². The van der Waals surface area contributed by atoms with Crippen LogP contribution in [0.25, 0.3) is 0 Å². The number of rotatable bonds is 5. The molecule has 1 aliphatic rings. The number of carbonyl (C=O) groups is 1. The van der Waals surface area contributed by atoms with Gasteiger partial charge in [-0.15, -0.1) is 0 Å². The largest absolute Gasteiger partial charge is 0.340 e. The lowest BCUT2D eigenvalue weighted by Gasteiger charge is -2.24. The van der Waals surface area contributed by atoms with Crippen molar-refractivity contribution in [3.63, 3.8) is 0 Å². The fraction of sp³-hybridized carbons (Fsp3) is 0.300. The number of sulfonamides is 1. The lowest BCUT2D eigenvalue weighted by molar-refractivity contribution is -0.132. The standard InChI is InChI=1S/C20H22ClN3O3S/c1-13(2)18(20(25)24(3)12-14-7-6-8-15(21)11-14)22-19-16-9-4-5-10-17(16)28(26,27)23-19/h4-11,13,18H,12H2,1-3H3,(H,22,23). The number of hydrogen-bond acceptors (Lipinski definition) is 4. The Labute approximate surface area is 170 Å².